The number of hydrogen-bond acceptors (Lipinski definition) is 3. The highest BCUT2D eigenvalue weighted by molar-refractivity contribution is 5.79. The number of piperazine rings is 1. The summed E-state index contributed by atoms with van der Waals surface area (Å²) in [6, 6.07) is 0.576. The minimum Gasteiger partial charge on any atom is -0.340 e. The maximum absolute atomic E-state index is 11.2. The van der Waals surface area contributed by atoms with Gasteiger partial charge in [0.1, 0.15) is 5.78 Å². The lowest BCUT2D eigenvalue weighted by atomic mass is 9.93. The van der Waals surface area contributed by atoms with Gasteiger partial charge in [-0.1, -0.05) is 0 Å². The van der Waals surface area contributed by atoms with E-state index in [1.54, 1.807) is 6.92 Å². The predicted molar refractivity (Wildman–Crippen MR) is 61.1 cm³/mol. The van der Waals surface area contributed by atoms with Crippen LogP contribution in [0.5, 0.6) is 0 Å². The molecule has 90 valence electrons. The number of ketones is 1. The fourth-order valence-corrected chi connectivity index (χ4v) is 2.69. The van der Waals surface area contributed by atoms with E-state index in [0.29, 0.717) is 11.8 Å². The molecule has 4 heteroatoms. The van der Waals surface area contributed by atoms with Gasteiger partial charge in [-0.05, 0) is 12.8 Å². The molecule has 0 atom stereocenters. The summed E-state index contributed by atoms with van der Waals surface area (Å²) in [5.41, 5.74) is 0. The third kappa shape index (κ3) is 2.61. The highest BCUT2D eigenvalue weighted by Crippen LogP contribution is 2.21. The highest BCUT2D eigenvalue weighted by atomic mass is 16.2. The second kappa shape index (κ2) is 4.95. The fraction of sp³-hybridized carbons (Fsp3) is 0.833. The van der Waals surface area contributed by atoms with Crippen LogP contribution in [0.25, 0.3) is 0 Å². The molecule has 1 saturated heterocycles. The minimum atomic E-state index is 0.179. The molecule has 1 saturated carbocycles. The number of carbonyl (C=O) groups excluding carboxylic acids is 2. The van der Waals surface area contributed by atoms with Gasteiger partial charge in [0.25, 0.3) is 0 Å². The zero-order valence-electron chi connectivity index (χ0n) is 9.95. The van der Waals surface area contributed by atoms with E-state index >= 15 is 0 Å². The molecule has 0 bridgehead atoms. The molecule has 4 nitrogen and oxygen atoms in total. The van der Waals surface area contributed by atoms with E-state index in [1.807, 2.05) is 4.90 Å². The minimum absolute atomic E-state index is 0.179. The average Bonchev–Trinajstić information content (AvgIpc) is 2.30. The van der Waals surface area contributed by atoms with Crippen molar-refractivity contribution in [1.82, 2.24) is 9.80 Å². The lowest BCUT2D eigenvalue weighted by Gasteiger charge is -2.40. The second-order valence-electron chi connectivity index (χ2n) is 4.81. The Morgan fingerprint density at radius 2 is 1.69 bits per heavy atom. The molecule has 1 amide bonds. The van der Waals surface area contributed by atoms with Crippen molar-refractivity contribution in [3.8, 4) is 0 Å². The summed E-state index contributed by atoms with van der Waals surface area (Å²) in [6.07, 6.45) is 3.52. The van der Waals surface area contributed by atoms with Gasteiger partial charge in [-0.3, -0.25) is 14.5 Å². The molecule has 2 aliphatic rings. The highest BCUT2D eigenvalue weighted by Gasteiger charge is 2.27. The average molecular weight is 224 g/mol. The van der Waals surface area contributed by atoms with Crippen LogP contribution >= 0.6 is 0 Å². The summed E-state index contributed by atoms with van der Waals surface area (Å²) < 4.78 is 0. The van der Waals surface area contributed by atoms with Crippen molar-refractivity contribution in [2.75, 3.05) is 26.2 Å². The zero-order chi connectivity index (χ0) is 11.5. The summed E-state index contributed by atoms with van der Waals surface area (Å²) in [6.45, 7) is 5.27. The number of nitrogens with zero attached hydrogens (tertiary/aromatic N) is 2. The van der Waals surface area contributed by atoms with Gasteiger partial charge in [0, 0.05) is 52.0 Å². The smallest absolute Gasteiger partial charge is 0.219 e. The van der Waals surface area contributed by atoms with Gasteiger partial charge in [-0.15, -0.1) is 0 Å². The molecule has 2 rings (SSSR count). The SMILES string of the molecule is CC(=O)N1CCN(C2CCC(=O)CC2)CC1. The largest absolute Gasteiger partial charge is 0.340 e. The molecule has 0 aromatic carbocycles. The van der Waals surface area contributed by atoms with Gasteiger partial charge in [0.2, 0.25) is 5.91 Å². The van der Waals surface area contributed by atoms with Gasteiger partial charge in [-0.25, -0.2) is 0 Å². The molecule has 0 aromatic rings. The number of Topliss-reactive ketones (excluding diaryl/α,β-unsaturated/α-hetero) is 1. The standard InChI is InChI=1S/C12H20N2O2/c1-10(15)13-6-8-14(9-7-13)11-2-4-12(16)5-3-11/h11H,2-9H2,1H3. The molecule has 0 radical (unpaired) electrons. The van der Waals surface area contributed by atoms with Crippen LogP contribution in [-0.4, -0.2) is 53.7 Å². The molecule has 1 heterocycles. The molecule has 1 aliphatic carbocycles. The first-order valence-electron chi connectivity index (χ1n) is 6.18. The van der Waals surface area contributed by atoms with Crippen molar-refractivity contribution in [3.63, 3.8) is 0 Å². The summed E-state index contributed by atoms with van der Waals surface area (Å²) >= 11 is 0. The van der Waals surface area contributed by atoms with Gasteiger partial charge in [-0.2, -0.15) is 0 Å². The monoisotopic (exact) mass is 224 g/mol. The molecule has 2 fully saturated rings. The van der Waals surface area contributed by atoms with Crippen LogP contribution in [-0.2, 0) is 9.59 Å². The van der Waals surface area contributed by atoms with Crippen LogP contribution in [0.4, 0.5) is 0 Å². The van der Waals surface area contributed by atoms with E-state index in [9.17, 15) is 9.59 Å². The first kappa shape index (κ1) is 11.6. The first-order valence-corrected chi connectivity index (χ1v) is 6.18. The van der Waals surface area contributed by atoms with Crippen LogP contribution in [0.2, 0.25) is 0 Å². The molecule has 0 N–H and O–H groups in total. The number of rotatable bonds is 1. The summed E-state index contributed by atoms with van der Waals surface area (Å²) in [7, 11) is 0. The Morgan fingerprint density at radius 3 is 2.19 bits per heavy atom. The number of amides is 1. The zero-order valence-corrected chi connectivity index (χ0v) is 9.95. The van der Waals surface area contributed by atoms with E-state index < -0.39 is 0 Å². The molecule has 0 spiro atoms. The van der Waals surface area contributed by atoms with E-state index in [0.717, 1.165) is 51.9 Å². The molecule has 16 heavy (non-hydrogen) atoms. The van der Waals surface area contributed by atoms with Crippen molar-refractivity contribution in [1.29, 1.82) is 0 Å². The molecule has 0 aromatic heterocycles. The van der Waals surface area contributed by atoms with Crippen LogP contribution in [0.1, 0.15) is 32.6 Å². The van der Waals surface area contributed by atoms with Crippen molar-refractivity contribution in [3.05, 3.63) is 0 Å². The van der Waals surface area contributed by atoms with Crippen molar-refractivity contribution < 1.29 is 9.59 Å². The summed E-state index contributed by atoms with van der Waals surface area (Å²) in [4.78, 5) is 26.7. The molecular formula is C12H20N2O2. The van der Waals surface area contributed by atoms with Crippen molar-refractivity contribution in [2.24, 2.45) is 0 Å². The van der Waals surface area contributed by atoms with Crippen LogP contribution in [0, 0.1) is 0 Å². The maximum Gasteiger partial charge on any atom is 0.219 e. The predicted octanol–water partition coefficient (Wildman–Crippen LogP) is 0.662. The Labute approximate surface area is 96.6 Å². The Morgan fingerprint density at radius 1 is 1.12 bits per heavy atom. The maximum atomic E-state index is 11.2. The topological polar surface area (TPSA) is 40.6 Å². The number of carbonyl (C=O) groups is 2. The Kier molecular flexibility index (Phi) is 3.59. The normalized spacial score (nSPS) is 24.8. The quantitative estimate of drug-likeness (QED) is 0.657. The van der Waals surface area contributed by atoms with Gasteiger partial charge in [0.15, 0.2) is 0 Å². The van der Waals surface area contributed by atoms with Crippen LogP contribution < -0.4 is 0 Å². The second-order valence-corrected chi connectivity index (χ2v) is 4.81. The van der Waals surface area contributed by atoms with Gasteiger partial charge in [0.05, 0.1) is 0 Å². The van der Waals surface area contributed by atoms with Gasteiger partial charge >= 0.3 is 0 Å². The fourth-order valence-electron chi connectivity index (χ4n) is 2.69. The van der Waals surface area contributed by atoms with Crippen LogP contribution in [0.3, 0.4) is 0 Å². The van der Waals surface area contributed by atoms with E-state index in [1.165, 1.54) is 0 Å². The third-order valence-corrected chi connectivity index (χ3v) is 3.79. The van der Waals surface area contributed by atoms with E-state index in [2.05, 4.69) is 4.90 Å². The van der Waals surface area contributed by atoms with Crippen molar-refractivity contribution in [2.45, 2.75) is 38.6 Å². The third-order valence-electron chi connectivity index (χ3n) is 3.79. The molecule has 1 aliphatic heterocycles. The Hall–Kier alpha value is -0.900. The Balaban J connectivity index is 1.80. The lowest BCUT2D eigenvalue weighted by molar-refractivity contribution is -0.131. The number of hydrogen-bond donors (Lipinski definition) is 0. The summed E-state index contributed by atoms with van der Waals surface area (Å²) in [5, 5.41) is 0. The van der Waals surface area contributed by atoms with Crippen molar-refractivity contribution >= 4 is 11.7 Å². The first-order chi connectivity index (χ1) is 7.66. The Bertz CT molecular complexity index is 273. The lowest BCUT2D eigenvalue weighted by Crippen LogP contribution is -2.52. The molecule has 0 unspecified atom stereocenters. The van der Waals surface area contributed by atoms with E-state index in [-0.39, 0.29) is 5.91 Å². The molecular weight excluding hydrogens is 204 g/mol. The van der Waals surface area contributed by atoms with Gasteiger partial charge < -0.3 is 4.90 Å². The van der Waals surface area contributed by atoms with Crippen LogP contribution in [0.15, 0.2) is 0 Å². The van der Waals surface area contributed by atoms with E-state index in [4.69, 9.17) is 0 Å². The summed E-state index contributed by atoms with van der Waals surface area (Å²) in [5.74, 6) is 0.595.